The fraction of sp³-hybridized carbons (Fsp3) is 0.867. The van der Waals surface area contributed by atoms with E-state index in [1.807, 2.05) is 0 Å². The number of piperidine rings is 1. The highest BCUT2D eigenvalue weighted by atomic mass is 16.5. The molecule has 1 spiro atoms. The molecular weight excluding hydrogens is 272 g/mol. The fourth-order valence-electron chi connectivity index (χ4n) is 3.70. The van der Waals surface area contributed by atoms with Crippen molar-refractivity contribution in [3.8, 4) is 0 Å². The number of nitrogens with zero attached hydrogens (tertiary/aromatic N) is 1. The third-order valence-electron chi connectivity index (χ3n) is 5.14. The van der Waals surface area contributed by atoms with Crippen molar-refractivity contribution in [2.24, 2.45) is 5.92 Å². The van der Waals surface area contributed by atoms with Crippen molar-refractivity contribution in [3.05, 3.63) is 0 Å². The van der Waals surface area contributed by atoms with Crippen LogP contribution in [0.4, 0.5) is 4.79 Å². The van der Waals surface area contributed by atoms with Crippen LogP contribution in [0.25, 0.3) is 0 Å². The Morgan fingerprint density at radius 1 is 1.24 bits per heavy atom. The Morgan fingerprint density at radius 3 is 2.71 bits per heavy atom. The Balaban J connectivity index is 1.52. The van der Waals surface area contributed by atoms with E-state index in [2.05, 4.69) is 5.32 Å². The van der Waals surface area contributed by atoms with Crippen molar-refractivity contribution in [3.63, 3.8) is 0 Å². The van der Waals surface area contributed by atoms with E-state index in [-0.39, 0.29) is 17.7 Å². The average Bonchev–Trinajstić information content (AvgIpc) is 2.46. The van der Waals surface area contributed by atoms with Crippen molar-refractivity contribution in [2.75, 3.05) is 19.7 Å². The van der Waals surface area contributed by atoms with E-state index in [4.69, 9.17) is 9.84 Å². The van der Waals surface area contributed by atoms with Crippen LogP contribution in [0.1, 0.15) is 44.9 Å². The van der Waals surface area contributed by atoms with E-state index in [9.17, 15) is 9.59 Å². The smallest absolute Gasteiger partial charge is 0.317 e. The highest BCUT2D eigenvalue weighted by molar-refractivity contribution is 5.76. The Kier molecular flexibility index (Phi) is 4.06. The molecule has 1 saturated carbocycles. The van der Waals surface area contributed by atoms with Crippen LogP contribution in [0.3, 0.4) is 0 Å². The minimum atomic E-state index is -0.799. The Morgan fingerprint density at radius 2 is 2.05 bits per heavy atom. The van der Waals surface area contributed by atoms with E-state index in [0.29, 0.717) is 26.1 Å². The predicted octanol–water partition coefficient (Wildman–Crippen LogP) is 1.59. The number of nitrogens with one attached hydrogen (secondary N) is 1. The first-order chi connectivity index (χ1) is 10.1. The summed E-state index contributed by atoms with van der Waals surface area (Å²) >= 11 is 0. The van der Waals surface area contributed by atoms with Crippen LogP contribution in [0.15, 0.2) is 0 Å². The van der Waals surface area contributed by atoms with Crippen LogP contribution in [-0.2, 0) is 9.53 Å². The van der Waals surface area contributed by atoms with Crippen molar-refractivity contribution in [1.29, 1.82) is 0 Å². The van der Waals surface area contributed by atoms with Crippen molar-refractivity contribution in [2.45, 2.75) is 56.6 Å². The molecule has 2 heterocycles. The van der Waals surface area contributed by atoms with Crippen LogP contribution in [-0.4, -0.2) is 53.3 Å². The van der Waals surface area contributed by atoms with Gasteiger partial charge in [-0.25, -0.2) is 4.79 Å². The summed E-state index contributed by atoms with van der Waals surface area (Å²) in [7, 11) is 0. The number of carbonyl (C=O) groups excluding carboxylic acids is 1. The number of urea groups is 1. The Bertz CT molecular complexity index is 422. The van der Waals surface area contributed by atoms with Gasteiger partial charge in [0, 0.05) is 25.7 Å². The molecule has 2 aliphatic heterocycles. The highest BCUT2D eigenvalue weighted by Gasteiger charge is 2.43. The second-order valence-corrected chi connectivity index (χ2v) is 6.65. The standard InChI is InChI=1S/C15H24N2O4/c18-13(19)11-3-1-7-17(10-11)14(20)16-12-4-8-21-15(9-12)5-2-6-15/h11-12H,1-10H2,(H,16,20)(H,18,19). The number of amides is 2. The number of rotatable bonds is 2. The number of carboxylic acids is 1. The summed E-state index contributed by atoms with van der Waals surface area (Å²) in [6, 6.07) is 0.0547. The highest BCUT2D eigenvalue weighted by Crippen LogP contribution is 2.42. The van der Waals surface area contributed by atoms with E-state index in [0.717, 1.165) is 32.1 Å². The van der Waals surface area contributed by atoms with Gasteiger partial charge in [0.15, 0.2) is 0 Å². The first kappa shape index (κ1) is 14.6. The molecular formula is C15H24N2O4. The van der Waals surface area contributed by atoms with E-state index >= 15 is 0 Å². The van der Waals surface area contributed by atoms with Gasteiger partial charge in [-0.3, -0.25) is 4.79 Å². The number of aliphatic carboxylic acids is 1. The molecule has 2 N–H and O–H groups in total. The van der Waals surface area contributed by atoms with Gasteiger partial charge in [0.1, 0.15) is 0 Å². The van der Waals surface area contributed by atoms with Gasteiger partial charge >= 0.3 is 12.0 Å². The molecule has 2 amide bonds. The van der Waals surface area contributed by atoms with Gasteiger partial charge in [-0.1, -0.05) is 0 Å². The van der Waals surface area contributed by atoms with Gasteiger partial charge in [-0.2, -0.15) is 0 Å². The summed E-state index contributed by atoms with van der Waals surface area (Å²) in [6.45, 7) is 1.70. The third kappa shape index (κ3) is 3.15. The third-order valence-corrected chi connectivity index (χ3v) is 5.14. The second-order valence-electron chi connectivity index (χ2n) is 6.65. The lowest BCUT2D eigenvalue weighted by Gasteiger charge is -2.47. The van der Waals surface area contributed by atoms with Crippen LogP contribution >= 0.6 is 0 Å². The van der Waals surface area contributed by atoms with Gasteiger partial charge in [-0.15, -0.1) is 0 Å². The molecule has 3 fully saturated rings. The average molecular weight is 296 g/mol. The van der Waals surface area contributed by atoms with E-state index in [1.165, 1.54) is 6.42 Å². The first-order valence-electron chi connectivity index (χ1n) is 8.00. The predicted molar refractivity (Wildman–Crippen MR) is 76.0 cm³/mol. The number of likely N-dealkylation sites (tertiary alicyclic amines) is 1. The van der Waals surface area contributed by atoms with E-state index in [1.54, 1.807) is 4.90 Å². The zero-order chi connectivity index (χ0) is 14.9. The molecule has 2 atom stereocenters. The number of carboxylic acid groups (broad SMARTS) is 1. The molecule has 21 heavy (non-hydrogen) atoms. The van der Waals surface area contributed by atoms with Gasteiger partial charge in [-0.05, 0) is 44.9 Å². The number of carbonyl (C=O) groups is 2. The maximum atomic E-state index is 12.3. The minimum absolute atomic E-state index is 0.0156. The SMILES string of the molecule is O=C(O)C1CCCN(C(=O)NC2CCOC3(CCC3)C2)C1. The van der Waals surface area contributed by atoms with Crippen molar-refractivity contribution in [1.82, 2.24) is 10.2 Å². The van der Waals surface area contributed by atoms with Gasteiger partial charge < -0.3 is 20.1 Å². The molecule has 2 saturated heterocycles. The fourth-order valence-corrected chi connectivity index (χ4v) is 3.70. The lowest BCUT2D eigenvalue weighted by Crippen LogP contribution is -2.55. The minimum Gasteiger partial charge on any atom is -0.481 e. The largest absolute Gasteiger partial charge is 0.481 e. The maximum Gasteiger partial charge on any atom is 0.317 e. The maximum absolute atomic E-state index is 12.3. The molecule has 0 radical (unpaired) electrons. The molecule has 0 aromatic heterocycles. The van der Waals surface area contributed by atoms with Gasteiger partial charge in [0.2, 0.25) is 0 Å². The lowest BCUT2D eigenvalue weighted by molar-refractivity contribution is -0.143. The molecule has 0 aromatic carbocycles. The molecule has 6 heteroatoms. The Labute approximate surface area is 124 Å². The van der Waals surface area contributed by atoms with Crippen molar-refractivity contribution >= 4 is 12.0 Å². The normalized spacial score (nSPS) is 31.5. The van der Waals surface area contributed by atoms with Gasteiger partial charge in [0.25, 0.3) is 0 Å². The van der Waals surface area contributed by atoms with Crippen LogP contribution in [0, 0.1) is 5.92 Å². The molecule has 2 unspecified atom stereocenters. The summed E-state index contributed by atoms with van der Waals surface area (Å²) in [6.07, 6.45) is 6.60. The molecule has 3 rings (SSSR count). The number of ether oxygens (including phenoxy) is 1. The Hall–Kier alpha value is -1.30. The summed E-state index contributed by atoms with van der Waals surface area (Å²) < 4.78 is 5.86. The second kappa shape index (κ2) is 5.83. The first-order valence-corrected chi connectivity index (χ1v) is 8.00. The molecule has 3 aliphatic rings. The van der Waals surface area contributed by atoms with Gasteiger partial charge in [0.05, 0.1) is 11.5 Å². The monoisotopic (exact) mass is 296 g/mol. The summed E-state index contributed by atoms with van der Waals surface area (Å²) in [5.74, 6) is -1.22. The molecule has 6 nitrogen and oxygen atoms in total. The van der Waals surface area contributed by atoms with Crippen molar-refractivity contribution < 1.29 is 19.4 Å². The topological polar surface area (TPSA) is 78.9 Å². The molecule has 0 bridgehead atoms. The molecule has 0 aromatic rings. The number of hydrogen-bond donors (Lipinski definition) is 2. The van der Waals surface area contributed by atoms with Crippen LogP contribution < -0.4 is 5.32 Å². The zero-order valence-corrected chi connectivity index (χ0v) is 12.3. The zero-order valence-electron chi connectivity index (χ0n) is 12.3. The lowest BCUT2D eigenvalue weighted by atomic mass is 9.74. The quantitative estimate of drug-likeness (QED) is 0.811. The summed E-state index contributed by atoms with van der Waals surface area (Å²) in [5, 5.41) is 12.2. The summed E-state index contributed by atoms with van der Waals surface area (Å²) in [4.78, 5) is 25.1. The molecule has 1 aliphatic carbocycles. The number of hydrogen-bond acceptors (Lipinski definition) is 3. The van der Waals surface area contributed by atoms with E-state index < -0.39 is 11.9 Å². The van der Waals surface area contributed by atoms with Crippen LogP contribution in [0.2, 0.25) is 0 Å². The molecule has 118 valence electrons. The van der Waals surface area contributed by atoms with Crippen LogP contribution in [0.5, 0.6) is 0 Å². The summed E-state index contributed by atoms with van der Waals surface area (Å²) in [5.41, 5.74) is 0.0156.